The Labute approximate surface area is 138 Å². The first-order valence-corrected chi connectivity index (χ1v) is 7.67. The van der Waals surface area contributed by atoms with E-state index in [0.29, 0.717) is 11.6 Å². The van der Waals surface area contributed by atoms with Crippen LogP contribution in [0.15, 0.2) is 47.6 Å². The van der Waals surface area contributed by atoms with E-state index in [4.69, 9.17) is 0 Å². The number of nitrogens with zero attached hydrogens (tertiary/aromatic N) is 4. The maximum absolute atomic E-state index is 4.44. The summed E-state index contributed by atoms with van der Waals surface area (Å²) in [6.07, 6.45) is 1.73. The van der Waals surface area contributed by atoms with Gasteiger partial charge in [0.05, 0.1) is 6.21 Å². The van der Waals surface area contributed by atoms with Crippen molar-refractivity contribution < 1.29 is 0 Å². The molecule has 0 aliphatic heterocycles. The van der Waals surface area contributed by atoms with Crippen LogP contribution in [0.25, 0.3) is 22.1 Å². The molecule has 0 amide bonds. The Balaban J connectivity index is 1.62. The predicted octanol–water partition coefficient (Wildman–Crippen LogP) is 3.57. The van der Waals surface area contributed by atoms with Crippen LogP contribution in [-0.4, -0.2) is 26.4 Å². The molecule has 4 aromatic rings. The van der Waals surface area contributed by atoms with Crippen LogP contribution in [0.2, 0.25) is 0 Å². The molecule has 0 saturated heterocycles. The lowest BCUT2D eigenvalue weighted by molar-refractivity contribution is 1.01. The molecule has 2 heterocycles. The molecular weight excluding hydrogens is 300 g/mol. The molecule has 6 nitrogen and oxygen atoms in total. The summed E-state index contributed by atoms with van der Waals surface area (Å²) in [5.41, 5.74) is 8.66. The number of anilines is 1. The summed E-state index contributed by atoms with van der Waals surface area (Å²) in [5.74, 6) is 0.356. The Hall–Kier alpha value is -3.28. The minimum atomic E-state index is 0.356. The van der Waals surface area contributed by atoms with Crippen LogP contribution in [0.4, 0.5) is 5.95 Å². The quantitative estimate of drug-likeness (QED) is 0.447. The lowest BCUT2D eigenvalue weighted by Crippen LogP contribution is -1.99. The van der Waals surface area contributed by atoms with Gasteiger partial charge in [-0.3, -0.25) is 0 Å². The third-order valence-corrected chi connectivity index (χ3v) is 3.79. The molecule has 4 rings (SSSR count). The Bertz CT molecular complexity index is 1060. The van der Waals surface area contributed by atoms with Crippen molar-refractivity contribution in [2.45, 2.75) is 13.8 Å². The van der Waals surface area contributed by atoms with E-state index in [9.17, 15) is 0 Å². The first-order chi connectivity index (χ1) is 11.7. The average Bonchev–Trinajstić information content (AvgIpc) is 2.92. The van der Waals surface area contributed by atoms with Gasteiger partial charge in [0.15, 0.2) is 5.65 Å². The molecule has 0 bridgehead atoms. The van der Waals surface area contributed by atoms with Crippen LogP contribution in [0.1, 0.15) is 16.7 Å². The Kier molecular flexibility index (Phi) is 3.42. The highest BCUT2D eigenvalue weighted by Gasteiger charge is 2.08. The summed E-state index contributed by atoms with van der Waals surface area (Å²) in [7, 11) is 0. The molecule has 2 aromatic carbocycles. The fourth-order valence-electron chi connectivity index (χ4n) is 2.65. The van der Waals surface area contributed by atoms with E-state index >= 15 is 0 Å². The second-order valence-corrected chi connectivity index (χ2v) is 5.79. The van der Waals surface area contributed by atoms with Crippen molar-refractivity contribution in [1.29, 1.82) is 0 Å². The summed E-state index contributed by atoms with van der Waals surface area (Å²) in [4.78, 5) is 7.69. The minimum Gasteiger partial charge on any atom is -0.338 e. The summed E-state index contributed by atoms with van der Waals surface area (Å²) >= 11 is 0. The van der Waals surface area contributed by atoms with Crippen molar-refractivity contribution in [1.82, 2.24) is 20.2 Å². The number of aromatic amines is 1. The number of hydrogen-bond donors (Lipinski definition) is 2. The van der Waals surface area contributed by atoms with Gasteiger partial charge in [0, 0.05) is 10.9 Å². The van der Waals surface area contributed by atoms with Crippen LogP contribution < -0.4 is 5.43 Å². The predicted molar refractivity (Wildman–Crippen MR) is 96.3 cm³/mol. The molecule has 0 fully saturated rings. The summed E-state index contributed by atoms with van der Waals surface area (Å²) in [6.45, 7) is 4.10. The van der Waals surface area contributed by atoms with Crippen LogP contribution in [0.5, 0.6) is 0 Å². The Morgan fingerprint density at radius 3 is 2.79 bits per heavy atom. The smallest absolute Gasteiger partial charge is 0.265 e. The average molecular weight is 316 g/mol. The number of fused-ring (bicyclic) bond motifs is 3. The second kappa shape index (κ2) is 5.73. The monoisotopic (exact) mass is 316 g/mol. The molecule has 0 aliphatic rings. The highest BCUT2D eigenvalue weighted by Crippen LogP contribution is 2.23. The van der Waals surface area contributed by atoms with Crippen molar-refractivity contribution >= 4 is 34.2 Å². The third kappa shape index (κ3) is 2.69. The molecular formula is C18H16N6. The molecule has 0 aliphatic carbocycles. The lowest BCUT2D eigenvalue weighted by atomic mass is 10.2. The van der Waals surface area contributed by atoms with Gasteiger partial charge < -0.3 is 4.98 Å². The van der Waals surface area contributed by atoms with Gasteiger partial charge in [-0.1, -0.05) is 41.5 Å². The first-order valence-electron chi connectivity index (χ1n) is 7.67. The molecule has 118 valence electrons. The van der Waals surface area contributed by atoms with E-state index in [1.54, 1.807) is 6.21 Å². The second-order valence-electron chi connectivity index (χ2n) is 5.79. The van der Waals surface area contributed by atoms with Crippen molar-refractivity contribution in [2.24, 2.45) is 5.10 Å². The van der Waals surface area contributed by atoms with E-state index in [1.807, 2.05) is 37.3 Å². The molecule has 0 saturated carbocycles. The minimum absolute atomic E-state index is 0.356. The first kappa shape index (κ1) is 14.3. The van der Waals surface area contributed by atoms with Gasteiger partial charge in [-0.15, -0.1) is 10.2 Å². The van der Waals surface area contributed by atoms with Gasteiger partial charge in [-0.25, -0.2) is 5.43 Å². The normalized spacial score (nSPS) is 11.6. The van der Waals surface area contributed by atoms with Crippen LogP contribution in [-0.2, 0) is 0 Å². The lowest BCUT2D eigenvalue weighted by Gasteiger charge is -1.98. The zero-order valence-corrected chi connectivity index (χ0v) is 13.4. The van der Waals surface area contributed by atoms with Crippen molar-refractivity contribution in [3.05, 3.63) is 59.2 Å². The van der Waals surface area contributed by atoms with Gasteiger partial charge >= 0.3 is 0 Å². The zero-order valence-electron chi connectivity index (χ0n) is 13.4. The molecule has 2 N–H and O–H groups in total. The molecule has 0 atom stereocenters. The van der Waals surface area contributed by atoms with Crippen molar-refractivity contribution in [2.75, 3.05) is 5.43 Å². The van der Waals surface area contributed by atoms with Crippen molar-refractivity contribution in [3.63, 3.8) is 0 Å². The number of H-pyrrole nitrogens is 1. The maximum atomic E-state index is 4.44. The number of rotatable bonds is 3. The molecule has 0 unspecified atom stereocenters. The molecule has 2 aromatic heterocycles. The topological polar surface area (TPSA) is 78.8 Å². The standard InChI is InChI=1S/C18H16N6/c1-11-4-3-5-13(8-11)10-19-23-18-21-17-16(22-24-18)14-9-12(2)6-7-15(14)20-17/h3-10H,1-2H3,(H2,20,21,23,24)/b19-10+. The van der Waals surface area contributed by atoms with Gasteiger partial charge in [0.1, 0.15) is 5.52 Å². The van der Waals surface area contributed by atoms with Gasteiger partial charge in [0.25, 0.3) is 5.95 Å². The molecule has 6 heteroatoms. The maximum Gasteiger partial charge on any atom is 0.265 e. The summed E-state index contributed by atoms with van der Waals surface area (Å²) < 4.78 is 0. The third-order valence-electron chi connectivity index (χ3n) is 3.79. The zero-order chi connectivity index (χ0) is 16.5. The molecule has 0 radical (unpaired) electrons. The van der Waals surface area contributed by atoms with Crippen LogP contribution in [0, 0.1) is 13.8 Å². The fraction of sp³-hybridized carbons (Fsp3) is 0.111. The van der Waals surface area contributed by atoms with E-state index in [1.165, 1.54) is 11.1 Å². The van der Waals surface area contributed by atoms with E-state index in [-0.39, 0.29) is 0 Å². The van der Waals surface area contributed by atoms with Crippen LogP contribution >= 0.6 is 0 Å². The fourth-order valence-corrected chi connectivity index (χ4v) is 2.65. The number of nitrogens with one attached hydrogen (secondary N) is 2. The van der Waals surface area contributed by atoms with E-state index in [2.05, 4.69) is 49.7 Å². The molecule has 0 spiro atoms. The van der Waals surface area contributed by atoms with E-state index < -0.39 is 0 Å². The van der Waals surface area contributed by atoms with Gasteiger partial charge in [-0.2, -0.15) is 10.1 Å². The number of aryl methyl sites for hydroxylation is 2. The Morgan fingerprint density at radius 1 is 1.04 bits per heavy atom. The Morgan fingerprint density at radius 2 is 1.92 bits per heavy atom. The largest absolute Gasteiger partial charge is 0.338 e. The van der Waals surface area contributed by atoms with E-state index in [0.717, 1.165) is 22.0 Å². The van der Waals surface area contributed by atoms with Crippen molar-refractivity contribution in [3.8, 4) is 0 Å². The SMILES string of the molecule is Cc1cccc(/C=N/Nc2nnc3c(n2)[nH]c2ccc(C)cc23)c1. The number of hydrazone groups is 1. The van der Waals surface area contributed by atoms with Crippen LogP contribution in [0.3, 0.4) is 0 Å². The number of aromatic nitrogens is 4. The molecule has 24 heavy (non-hydrogen) atoms. The number of hydrogen-bond acceptors (Lipinski definition) is 5. The van der Waals surface area contributed by atoms with Gasteiger partial charge in [0.2, 0.25) is 0 Å². The van der Waals surface area contributed by atoms with Gasteiger partial charge in [-0.05, 0) is 31.5 Å². The highest BCUT2D eigenvalue weighted by molar-refractivity contribution is 6.03. The highest BCUT2D eigenvalue weighted by atomic mass is 15.4. The summed E-state index contributed by atoms with van der Waals surface area (Å²) in [5, 5.41) is 13.6. The summed E-state index contributed by atoms with van der Waals surface area (Å²) in [6, 6.07) is 14.2. The number of benzene rings is 2.